The normalized spacial score (nSPS) is 16.1. The lowest BCUT2D eigenvalue weighted by molar-refractivity contribution is 1.17. The zero-order valence-electron chi connectivity index (χ0n) is 31.8. The molecule has 178 valence electrons. The van der Waals surface area contributed by atoms with Crippen molar-refractivity contribution in [2.24, 2.45) is 0 Å². The molecule has 0 unspecified atom stereocenters. The lowest BCUT2D eigenvalue weighted by Crippen LogP contribution is -1.96. The predicted molar refractivity (Wildman–Crippen MR) is 161 cm³/mol. The summed E-state index contributed by atoms with van der Waals surface area (Å²) < 4.78 is 108. The van der Waals surface area contributed by atoms with E-state index in [4.69, 9.17) is 13.7 Å². The van der Waals surface area contributed by atoms with Gasteiger partial charge in [0.25, 0.3) is 0 Å². The van der Waals surface area contributed by atoms with Crippen LogP contribution in [0.3, 0.4) is 0 Å². The minimum Gasteiger partial charge on any atom is -0.309 e. The molecule has 2 heterocycles. The van der Waals surface area contributed by atoms with Crippen molar-refractivity contribution in [1.82, 2.24) is 9.13 Å². The Labute approximate surface area is 237 Å². The first kappa shape index (κ1) is 12.4. The van der Waals surface area contributed by atoms with E-state index in [1.54, 1.807) is 22.8 Å². The molecule has 0 fully saturated rings. The number of aromatic nitrogens is 2. The minimum atomic E-state index is -0.538. The maximum Gasteiger partial charge on any atom is 0.0645 e. The van der Waals surface area contributed by atoms with Crippen LogP contribution in [-0.2, 0) is 0 Å². The summed E-state index contributed by atoms with van der Waals surface area (Å²) >= 11 is 0. The highest BCUT2D eigenvalue weighted by Crippen LogP contribution is 2.40. The third-order valence-corrected chi connectivity index (χ3v) is 6.90. The lowest BCUT2D eigenvalue weighted by atomic mass is 10.1. The Hall–Kier alpha value is -5.08. The molecule has 0 bridgehead atoms. The van der Waals surface area contributed by atoms with E-state index in [9.17, 15) is 2.74 Å². The number of fused-ring (bicyclic) bond motifs is 6. The van der Waals surface area contributed by atoms with Crippen LogP contribution in [0.5, 0.6) is 0 Å². The largest absolute Gasteiger partial charge is 0.309 e. The van der Waals surface area contributed by atoms with Gasteiger partial charge in [-0.25, -0.2) is 0 Å². The Morgan fingerprint density at radius 1 is 0.447 bits per heavy atom. The van der Waals surface area contributed by atoms with Crippen LogP contribution in [-0.4, -0.2) is 9.13 Å². The highest BCUT2D eigenvalue weighted by molar-refractivity contribution is 6.16. The molecule has 0 spiro atoms. The summed E-state index contributed by atoms with van der Waals surface area (Å²) in [6, 6.07) is 16.1. The van der Waals surface area contributed by atoms with E-state index in [-0.39, 0.29) is 62.4 Å². The second-order valence-corrected chi connectivity index (χ2v) is 8.93. The zero-order valence-corrected chi connectivity index (χ0v) is 19.8. The summed E-state index contributed by atoms with van der Waals surface area (Å²) in [5.41, 5.74) is 2.08. The highest BCUT2D eigenvalue weighted by Gasteiger charge is 2.19. The van der Waals surface area contributed by atoms with Gasteiger partial charge in [0.1, 0.15) is 0 Å². The molecule has 0 aliphatic rings. The van der Waals surface area contributed by atoms with Gasteiger partial charge in [0, 0.05) is 27.2 Å². The molecule has 0 aliphatic carbocycles. The molecule has 38 heavy (non-hydrogen) atoms. The van der Waals surface area contributed by atoms with E-state index >= 15 is 0 Å². The molecule has 0 N–H and O–H groups in total. The first-order valence-electron chi connectivity index (χ1n) is 18.1. The molecule has 0 saturated heterocycles. The molecule has 2 aromatic heterocycles. The Morgan fingerprint density at radius 2 is 1.13 bits per heavy atom. The fourth-order valence-corrected chi connectivity index (χ4v) is 5.34. The van der Waals surface area contributed by atoms with Gasteiger partial charge in [-0.3, -0.25) is 0 Å². The van der Waals surface area contributed by atoms with E-state index < -0.39 is 54.4 Å². The Kier molecular flexibility index (Phi) is 2.69. The summed E-state index contributed by atoms with van der Waals surface area (Å²) in [5.74, 6) is 0. The maximum atomic E-state index is 9.28. The van der Waals surface area contributed by atoms with Crippen molar-refractivity contribution in [3.8, 4) is 22.5 Å². The maximum absolute atomic E-state index is 9.28. The molecule has 8 aromatic rings. The van der Waals surface area contributed by atoms with Crippen molar-refractivity contribution in [2.75, 3.05) is 0 Å². The predicted octanol–water partition coefficient (Wildman–Crippen LogP) is 9.55. The van der Waals surface area contributed by atoms with Crippen LogP contribution in [0.1, 0.15) is 16.4 Å². The van der Waals surface area contributed by atoms with Crippen LogP contribution in [0.15, 0.2) is 145 Å². The molecule has 0 atom stereocenters. The van der Waals surface area contributed by atoms with Crippen molar-refractivity contribution in [3.05, 3.63) is 145 Å². The van der Waals surface area contributed by atoms with Gasteiger partial charge in [-0.2, -0.15) is 0 Å². The Morgan fingerprint density at radius 3 is 1.92 bits per heavy atom. The van der Waals surface area contributed by atoms with Crippen molar-refractivity contribution in [3.63, 3.8) is 0 Å². The van der Waals surface area contributed by atoms with Crippen LogP contribution >= 0.6 is 0 Å². The van der Waals surface area contributed by atoms with E-state index in [1.807, 2.05) is 48.5 Å². The van der Waals surface area contributed by atoms with Gasteiger partial charge in [-0.15, -0.1) is 0 Å². The van der Waals surface area contributed by atoms with E-state index in [2.05, 4.69) is 0 Å². The second kappa shape index (κ2) is 8.22. The molecule has 0 amide bonds. The molecule has 0 aliphatic heterocycles. The van der Waals surface area contributed by atoms with E-state index in [0.717, 1.165) is 10.8 Å². The van der Waals surface area contributed by atoms with Crippen LogP contribution in [0.25, 0.3) is 66.1 Å². The van der Waals surface area contributed by atoms with Crippen molar-refractivity contribution >= 4 is 43.6 Å². The first-order chi connectivity index (χ1) is 23.9. The summed E-state index contributed by atoms with van der Waals surface area (Å²) in [6.07, 6.45) is 0. The van der Waals surface area contributed by atoms with Gasteiger partial charge in [0.2, 0.25) is 0 Å². The molecular formula is C36H24N2. The Bertz CT molecular complexity index is 2720. The van der Waals surface area contributed by atoms with Gasteiger partial charge < -0.3 is 9.13 Å². The first-order valence-corrected chi connectivity index (χ1v) is 12.1. The van der Waals surface area contributed by atoms with Gasteiger partial charge in [0.05, 0.1) is 44.2 Å². The Balaban J connectivity index is 1.60. The van der Waals surface area contributed by atoms with Gasteiger partial charge >= 0.3 is 0 Å². The number of rotatable bonds is 3. The molecular weight excluding hydrogens is 460 g/mol. The van der Waals surface area contributed by atoms with Crippen molar-refractivity contribution in [1.29, 1.82) is 0 Å². The third-order valence-electron chi connectivity index (χ3n) is 6.90. The van der Waals surface area contributed by atoms with E-state index in [1.165, 1.54) is 10.6 Å². The van der Waals surface area contributed by atoms with Crippen LogP contribution in [0, 0.1) is 0 Å². The number of benzene rings is 6. The average molecular weight is 497 g/mol. The fourth-order valence-electron chi connectivity index (χ4n) is 5.34. The molecule has 2 nitrogen and oxygen atoms in total. The molecule has 0 radical (unpaired) electrons. The fraction of sp³-hybridized carbons (Fsp3) is 0. The molecule has 6 aromatic carbocycles. The quantitative estimate of drug-likeness (QED) is 0.230. The van der Waals surface area contributed by atoms with Crippen LogP contribution in [0.2, 0.25) is 0 Å². The van der Waals surface area contributed by atoms with Crippen molar-refractivity contribution in [2.45, 2.75) is 0 Å². The number of hydrogen-bond acceptors (Lipinski definition) is 0. The van der Waals surface area contributed by atoms with Gasteiger partial charge in [-0.05, 0) is 53.5 Å². The highest BCUT2D eigenvalue weighted by atomic mass is 15.0. The van der Waals surface area contributed by atoms with Crippen molar-refractivity contribution < 1.29 is 16.4 Å². The lowest BCUT2D eigenvalue weighted by Gasteiger charge is -2.12. The summed E-state index contributed by atoms with van der Waals surface area (Å²) in [7, 11) is 0. The number of para-hydroxylation sites is 3. The summed E-state index contributed by atoms with van der Waals surface area (Å²) in [6.45, 7) is 0. The van der Waals surface area contributed by atoms with Crippen LogP contribution in [0.4, 0.5) is 0 Å². The summed E-state index contributed by atoms with van der Waals surface area (Å²) in [5, 5.41) is 1.97. The smallest absolute Gasteiger partial charge is 0.0645 e. The second-order valence-electron chi connectivity index (χ2n) is 8.93. The number of nitrogens with zero attached hydrogens (tertiary/aromatic N) is 2. The third kappa shape index (κ3) is 3.01. The minimum absolute atomic E-state index is 0.00438. The van der Waals surface area contributed by atoms with E-state index in [0.29, 0.717) is 11.0 Å². The molecule has 2 heteroatoms. The SMILES string of the molecule is [2H]c1c([2H])c([2H])c(-c2cccc(-n3c4c([2H])c([2H])c([2H])c([2H])c4c4c(-n5c6ccccc6c6ccccc65)c([2H])c([2H])c([2H])c43)c2)c([2H])c1[2H]. The molecule has 8 rings (SSSR count). The number of hydrogen-bond donors (Lipinski definition) is 0. The molecule has 0 saturated carbocycles. The average Bonchev–Trinajstić information content (AvgIpc) is 3.65. The monoisotopic (exact) mass is 496 g/mol. The van der Waals surface area contributed by atoms with Gasteiger partial charge in [0.15, 0.2) is 0 Å². The van der Waals surface area contributed by atoms with Gasteiger partial charge in [-0.1, -0.05) is 103 Å². The van der Waals surface area contributed by atoms with Crippen LogP contribution < -0.4 is 0 Å². The summed E-state index contributed by atoms with van der Waals surface area (Å²) in [4.78, 5) is 0. The standard InChI is InChI=1S/C36H24N2/c1-2-12-25(13-3-1)26-14-10-15-27(24-26)37-33-21-9-6-18-30(33)36-34(37)22-11-23-35(36)38-31-19-7-4-16-28(31)29-17-5-8-20-32(29)38/h1-24H/i1D,2D,3D,6D,9D,11D,12D,13D,18D,21D,22D,23D. The zero-order chi connectivity index (χ0) is 35.5. The topological polar surface area (TPSA) is 9.86 Å².